The summed E-state index contributed by atoms with van der Waals surface area (Å²) in [5.74, 6) is -0.135. The number of rotatable bonds is 7. The van der Waals surface area contributed by atoms with Gasteiger partial charge in [0.05, 0.1) is 27.0 Å². The van der Waals surface area contributed by atoms with Crippen molar-refractivity contribution in [3.8, 4) is 17.2 Å². The predicted molar refractivity (Wildman–Crippen MR) is 113 cm³/mol. The Bertz CT molecular complexity index is 1050. The fourth-order valence-electron chi connectivity index (χ4n) is 3.50. The fourth-order valence-corrected chi connectivity index (χ4v) is 5.13. The lowest BCUT2D eigenvalue weighted by atomic mass is 9.97. The van der Waals surface area contributed by atoms with E-state index in [0.717, 1.165) is 12.1 Å². The van der Waals surface area contributed by atoms with Crippen LogP contribution in [0.5, 0.6) is 17.2 Å². The number of nitrogens with one attached hydrogen (secondary N) is 1. The summed E-state index contributed by atoms with van der Waals surface area (Å²) < 4.78 is 56.4. The van der Waals surface area contributed by atoms with Crippen molar-refractivity contribution in [3.63, 3.8) is 0 Å². The first-order valence-corrected chi connectivity index (χ1v) is 11.1. The molecular formula is C21H25FN2O6S. The van der Waals surface area contributed by atoms with E-state index in [1.165, 1.54) is 31.7 Å². The van der Waals surface area contributed by atoms with Gasteiger partial charge in [-0.1, -0.05) is 0 Å². The van der Waals surface area contributed by atoms with Gasteiger partial charge in [0, 0.05) is 25.1 Å². The number of anilines is 1. The number of nitrogens with zero attached hydrogens (tertiary/aromatic N) is 1. The molecule has 1 fully saturated rings. The first-order valence-electron chi connectivity index (χ1n) is 9.66. The molecule has 168 valence electrons. The van der Waals surface area contributed by atoms with Crippen LogP contribution in [0.25, 0.3) is 0 Å². The normalized spacial score (nSPS) is 15.4. The number of hydrogen-bond donors (Lipinski definition) is 1. The summed E-state index contributed by atoms with van der Waals surface area (Å²) in [6.45, 7) is 0.269. The van der Waals surface area contributed by atoms with Crippen molar-refractivity contribution in [2.45, 2.75) is 17.7 Å². The van der Waals surface area contributed by atoms with Crippen LogP contribution in [0, 0.1) is 11.7 Å². The third kappa shape index (κ3) is 4.91. The largest absolute Gasteiger partial charge is 0.497 e. The molecule has 0 aliphatic carbocycles. The molecule has 0 unspecified atom stereocenters. The van der Waals surface area contributed by atoms with E-state index >= 15 is 0 Å². The highest BCUT2D eigenvalue weighted by Crippen LogP contribution is 2.32. The van der Waals surface area contributed by atoms with E-state index in [4.69, 9.17) is 14.2 Å². The van der Waals surface area contributed by atoms with Crippen LogP contribution in [0.15, 0.2) is 41.3 Å². The Morgan fingerprint density at radius 1 is 1.00 bits per heavy atom. The number of sulfonamides is 1. The highest BCUT2D eigenvalue weighted by Gasteiger charge is 2.34. The summed E-state index contributed by atoms with van der Waals surface area (Å²) in [6.07, 6.45) is 0.657. The second kappa shape index (κ2) is 9.52. The van der Waals surface area contributed by atoms with E-state index < -0.39 is 15.8 Å². The summed E-state index contributed by atoms with van der Waals surface area (Å²) in [5, 5.41) is 2.84. The molecule has 10 heteroatoms. The van der Waals surface area contributed by atoms with E-state index in [-0.39, 0.29) is 35.6 Å². The van der Waals surface area contributed by atoms with Gasteiger partial charge in [-0.3, -0.25) is 4.79 Å². The van der Waals surface area contributed by atoms with Crippen LogP contribution in [0.4, 0.5) is 10.1 Å². The minimum Gasteiger partial charge on any atom is -0.497 e. The molecule has 1 aliphatic heterocycles. The van der Waals surface area contributed by atoms with Crippen molar-refractivity contribution in [2.75, 3.05) is 39.7 Å². The van der Waals surface area contributed by atoms with Gasteiger partial charge in [0.1, 0.15) is 28.0 Å². The Morgan fingerprint density at radius 2 is 1.65 bits per heavy atom. The molecule has 8 nitrogen and oxygen atoms in total. The number of hydrogen-bond acceptors (Lipinski definition) is 6. The van der Waals surface area contributed by atoms with Gasteiger partial charge in [-0.25, -0.2) is 12.8 Å². The van der Waals surface area contributed by atoms with Crippen LogP contribution in [0.2, 0.25) is 0 Å². The molecule has 1 aliphatic rings. The maximum absolute atomic E-state index is 13.7. The lowest BCUT2D eigenvalue weighted by molar-refractivity contribution is -0.120. The van der Waals surface area contributed by atoms with Crippen molar-refractivity contribution in [1.29, 1.82) is 0 Å². The molecule has 0 bridgehead atoms. The molecule has 0 radical (unpaired) electrons. The number of halogens is 1. The van der Waals surface area contributed by atoms with Gasteiger partial charge in [0.15, 0.2) is 0 Å². The summed E-state index contributed by atoms with van der Waals surface area (Å²) in [4.78, 5) is 12.5. The smallest absolute Gasteiger partial charge is 0.246 e. The molecule has 2 aromatic carbocycles. The lowest BCUT2D eigenvalue weighted by Crippen LogP contribution is -2.41. The van der Waals surface area contributed by atoms with Crippen LogP contribution < -0.4 is 19.5 Å². The number of piperidine rings is 1. The lowest BCUT2D eigenvalue weighted by Gasteiger charge is -2.31. The Balaban J connectivity index is 1.70. The number of ether oxygens (including phenoxy) is 3. The molecule has 1 amide bonds. The standard InChI is InChI=1S/C21H25FN2O6S/c1-28-16-5-7-18(29-2)17(13-16)23-21(25)14-8-10-24(11-9-14)31(26,27)20-12-15(22)4-6-19(20)30-3/h4-7,12-14H,8-11H2,1-3H3,(H,23,25). The van der Waals surface area contributed by atoms with Crippen LogP contribution in [-0.2, 0) is 14.8 Å². The second-order valence-electron chi connectivity index (χ2n) is 7.03. The monoisotopic (exact) mass is 452 g/mol. The Labute approximate surface area is 181 Å². The third-order valence-electron chi connectivity index (χ3n) is 5.23. The highest BCUT2D eigenvalue weighted by molar-refractivity contribution is 7.89. The van der Waals surface area contributed by atoms with E-state index in [0.29, 0.717) is 30.0 Å². The van der Waals surface area contributed by atoms with Gasteiger partial charge in [-0.15, -0.1) is 0 Å². The van der Waals surface area contributed by atoms with Gasteiger partial charge in [0.2, 0.25) is 15.9 Å². The maximum atomic E-state index is 13.7. The first-order chi connectivity index (χ1) is 14.8. The fraction of sp³-hybridized carbons (Fsp3) is 0.381. The number of methoxy groups -OCH3 is 3. The van der Waals surface area contributed by atoms with Gasteiger partial charge in [0.25, 0.3) is 0 Å². The van der Waals surface area contributed by atoms with Crippen molar-refractivity contribution >= 4 is 21.6 Å². The molecule has 2 aromatic rings. The topological polar surface area (TPSA) is 94.2 Å². The van der Waals surface area contributed by atoms with Crippen molar-refractivity contribution in [1.82, 2.24) is 4.31 Å². The van der Waals surface area contributed by atoms with Gasteiger partial charge in [-0.05, 0) is 43.2 Å². The molecular weight excluding hydrogens is 427 g/mol. The molecule has 0 saturated carbocycles. The van der Waals surface area contributed by atoms with Gasteiger partial charge in [-0.2, -0.15) is 4.31 Å². The maximum Gasteiger partial charge on any atom is 0.246 e. The summed E-state index contributed by atoms with van der Waals surface area (Å²) in [6, 6.07) is 8.44. The predicted octanol–water partition coefficient (Wildman–Crippen LogP) is 2.89. The van der Waals surface area contributed by atoms with Gasteiger partial charge < -0.3 is 19.5 Å². The molecule has 0 spiro atoms. The molecule has 1 heterocycles. The summed E-state index contributed by atoms with van der Waals surface area (Å²) >= 11 is 0. The second-order valence-corrected chi connectivity index (χ2v) is 8.94. The number of carbonyl (C=O) groups excluding carboxylic acids is 1. The number of benzene rings is 2. The van der Waals surface area contributed by atoms with Crippen LogP contribution in [0.3, 0.4) is 0 Å². The van der Waals surface area contributed by atoms with Gasteiger partial charge >= 0.3 is 0 Å². The summed E-state index contributed by atoms with van der Waals surface area (Å²) in [7, 11) is 0.401. The zero-order valence-corrected chi connectivity index (χ0v) is 18.4. The highest BCUT2D eigenvalue weighted by atomic mass is 32.2. The summed E-state index contributed by atoms with van der Waals surface area (Å²) in [5.41, 5.74) is 0.478. The van der Waals surface area contributed by atoms with E-state index in [9.17, 15) is 17.6 Å². The Kier molecular flexibility index (Phi) is 7.01. The number of carbonyl (C=O) groups is 1. The zero-order chi connectivity index (χ0) is 22.6. The average molecular weight is 453 g/mol. The third-order valence-corrected chi connectivity index (χ3v) is 7.15. The Hall–Kier alpha value is -2.85. The number of amides is 1. The van der Waals surface area contributed by atoms with Crippen LogP contribution in [0.1, 0.15) is 12.8 Å². The first kappa shape index (κ1) is 22.8. The molecule has 0 atom stereocenters. The minimum atomic E-state index is -3.95. The Morgan fingerprint density at radius 3 is 2.26 bits per heavy atom. The van der Waals surface area contributed by atoms with Crippen LogP contribution in [-0.4, -0.2) is 53.0 Å². The SMILES string of the molecule is COc1ccc(OC)c(NC(=O)C2CCN(S(=O)(=O)c3cc(F)ccc3OC)CC2)c1. The van der Waals surface area contributed by atoms with Crippen molar-refractivity contribution < 1.29 is 31.8 Å². The van der Waals surface area contributed by atoms with E-state index in [2.05, 4.69) is 5.32 Å². The van der Waals surface area contributed by atoms with Crippen molar-refractivity contribution in [2.24, 2.45) is 5.92 Å². The molecule has 1 N–H and O–H groups in total. The zero-order valence-electron chi connectivity index (χ0n) is 17.6. The van der Waals surface area contributed by atoms with E-state index in [1.54, 1.807) is 18.2 Å². The molecule has 3 rings (SSSR count). The molecule has 0 aromatic heterocycles. The minimum absolute atomic E-state index is 0.0754. The molecule has 1 saturated heterocycles. The molecule has 31 heavy (non-hydrogen) atoms. The van der Waals surface area contributed by atoms with Crippen LogP contribution >= 0.6 is 0 Å². The van der Waals surface area contributed by atoms with E-state index in [1.807, 2.05) is 0 Å². The quantitative estimate of drug-likeness (QED) is 0.694. The van der Waals surface area contributed by atoms with Crippen molar-refractivity contribution in [3.05, 3.63) is 42.2 Å². The average Bonchev–Trinajstić information content (AvgIpc) is 2.79.